The number of nitrogens with one attached hydrogen (secondary N) is 1. The Kier molecular flexibility index (Phi) is 4.88. The SMILES string of the molecule is C[C@@H]1C[C@@H](C)CN(c2nc(Nc3cccc(F)c3)nc(N)c2[N+](=O)[O-])C1. The molecule has 0 spiro atoms. The van der Waals surface area contributed by atoms with E-state index >= 15 is 0 Å². The van der Waals surface area contributed by atoms with Crippen molar-refractivity contribution in [3.63, 3.8) is 0 Å². The van der Waals surface area contributed by atoms with Gasteiger partial charge in [0.15, 0.2) is 0 Å². The van der Waals surface area contributed by atoms with Gasteiger partial charge in [0.1, 0.15) is 5.82 Å². The minimum absolute atomic E-state index is 0.0968. The van der Waals surface area contributed by atoms with Gasteiger partial charge in [0.2, 0.25) is 17.6 Å². The molecule has 2 heterocycles. The molecule has 0 unspecified atom stereocenters. The highest BCUT2D eigenvalue weighted by atomic mass is 19.1. The molecular weight excluding hydrogens is 339 g/mol. The number of hydrogen-bond acceptors (Lipinski definition) is 7. The van der Waals surface area contributed by atoms with Gasteiger partial charge in [-0.15, -0.1) is 0 Å². The third-order valence-corrected chi connectivity index (χ3v) is 4.32. The van der Waals surface area contributed by atoms with Gasteiger partial charge in [0.25, 0.3) is 0 Å². The first kappa shape index (κ1) is 17.8. The Hall–Kier alpha value is -2.97. The summed E-state index contributed by atoms with van der Waals surface area (Å²) in [6, 6.07) is 5.79. The molecular formula is C17H21FN6O2. The van der Waals surface area contributed by atoms with Crippen molar-refractivity contribution in [2.75, 3.05) is 29.0 Å². The van der Waals surface area contributed by atoms with Crippen LogP contribution in [0.15, 0.2) is 24.3 Å². The Morgan fingerprint density at radius 2 is 2.00 bits per heavy atom. The van der Waals surface area contributed by atoms with Crippen LogP contribution in [0.4, 0.5) is 33.3 Å². The number of nitro groups is 1. The highest BCUT2D eigenvalue weighted by molar-refractivity contribution is 5.72. The van der Waals surface area contributed by atoms with E-state index in [2.05, 4.69) is 29.1 Å². The first-order chi connectivity index (χ1) is 12.3. The molecule has 1 aromatic heterocycles. The maximum atomic E-state index is 13.4. The zero-order chi connectivity index (χ0) is 18.8. The van der Waals surface area contributed by atoms with Crippen LogP contribution < -0.4 is 16.0 Å². The van der Waals surface area contributed by atoms with Crippen molar-refractivity contribution in [3.05, 3.63) is 40.2 Å². The van der Waals surface area contributed by atoms with Gasteiger partial charge in [-0.3, -0.25) is 10.1 Å². The van der Waals surface area contributed by atoms with Gasteiger partial charge in [-0.05, 0) is 36.5 Å². The van der Waals surface area contributed by atoms with Crippen molar-refractivity contribution in [3.8, 4) is 0 Å². The van der Waals surface area contributed by atoms with Crippen molar-refractivity contribution < 1.29 is 9.31 Å². The molecule has 0 radical (unpaired) electrons. The van der Waals surface area contributed by atoms with Crippen LogP contribution in [0.5, 0.6) is 0 Å². The molecule has 3 rings (SSSR count). The predicted molar refractivity (Wildman–Crippen MR) is 97.9 cm³/mol. The van der Waals surface area contributed by atoms with Crippen molar-refractivity contribution in [2.24, 2.45) is 11.8 Å². The lowest BCUT2D eigenvalue weighted by Gasteiger charge is -2.35. The minimum atomic E-state index is -0.555. The highest BCUT2D eigenvalue weighted by Gasteiger charge is 2.31. The van der Waals surface area contributed by atoms with Crippen LogP contribution >= 0.6 is 0 Å². The number of rotatable bonds is 4. The molecule has 1 aliphatic rings. The Morgan fingerprint density at radius 1 is 1.31 bits per heavy atom. The van der Waals surface area contributed by atoms with Crippen molar-refractivity contribution in [2.45, 2.75) is 20.3 Å². The van der Waals surface area contributed by atoms with E-state index in [1.807, 2.05) is 4.90 Å². The normalized spacial score (nSPS) is 20.0. The number of nitrogen functional groups attached to an aromatic ring is 1. The lowest BCUT2D eigenvalue weighted by atomic mass is 9.92. The highest BCUT2D eigenvalue weighted by Crippen LogP contribution is 2.35. The largest absolute Gasteiger partial charge is 0.378 e. The Bertz CT molecular complexity index is 821. The topological polar surface area (TPSA) is 110 Å². The number of benzene rings is 1. The molecule has 0 aliphatic carbocycles. The monoisotopic (exact) mass is 360 g/mol. The molecule has 3 N–H and O–H groups in total. The van der Waals surface area contributed by atoms with Gasteiger partial charge in [0.05, 0.1) is 4.92 Å². The average molecular weight is 360 g/mol. The summed E-state index contributed by atoms with van der Waals surface area (Å²) in [6.45, 7) is 5.51. The van der Waals surface area contributed by atoms with Crippen molar-refractivity contribution in [1.82, 2.24) is 9.97 Å². The van der Waals surface area contributed by atoms with E-state index in [4.69, 9.17) is 5.73 Å². The molecule has 2 aromatic rings. The number of nitrogens with zero attached hydrogens (tertiary/aromatic N) is 4. The minimum Gasteiger partial charge on any atom is -0.378 e. The number of hydrogen-bond donors (Lipinski definition) is 2. The molecule has 8 nitrogen and oxygen atoms in total. The van der Waals surface area contributed by atoms with E-state index in [1.165, 1.54) is 12.1 Å². The first-order valence-electron chi connectivity index (χ1n) is 8.43. The second-order valence-corrected chi connectivity index (χ2v) is 6.85. The fourth-order valence-electron chi connectivity index (χ4n) is 3.44. The standard InChI is InChI=1S/C17H21FN6O2/c1-10-6-11(2)9-23(8-10)16-14(24(25)26)15(19)21-17(22-16)20-13-5-3-4-12(18)7-13/h3-5,7,10-11H,6,8-9H2,1-2H3,(H3,19,20,21,22)/t10-,11-/m1/s1. The summed E-state index contributed by atoms with van der Waals surface area (Å²) in [6.07, 6.45) is 1.05. The van der Waals surface area contributed by atoms with Gasteiger partial charge >= 0.3 is 5.69 Å². The zero-order valence-corrected chi connectivity index (χ0v) is 14.6. The van der Waals surface area contributed by atoms with E-state index in [0.29, 0.717) is 30.6 Å². The number of halogens is 1. The third-order valence-electron chi connectivity index (χ3n) is 4.32. The fraction of sp³-hybridized carbons (Fsp3) is 0.412. The van der Waals surface area contributed by atoms with Crippen LogP contribution in [0.3, 0.4) is 0 Å². The second kappa shape index (κ2) is 7.11. The molecule has 2 atom stereocenters. The molecule has 0 bridgehead atoms. The van der Waals surface area contributed by atoms with Gasteiger partial charge in [-0.1, -0.05) is 19.9 Å². The molecule has 1 aliphatic heterocycles. The molecule has 9 heteroatoms. The van der Waals surface area contributed by atoms with E-state index in [0.717, 1.165) is 6.42 Å². The number of aromatic nitrogens is 2. The molecule has 138 valence electrons. The van der Waals surface area contributed by atoms with Crippen LogP contribution in [0.1, 0.15) is 20.3 Å². The zero-order valence-electron chi connectivity index (χ0n) is 14.6. The summed E-state index contributed by atoms with van der Waals surface area (Å²) in [7, 11) is 0. The Morgan fingerprint density at radius 3 is 2.62 bits per heavy atom. The van der Waals surface area contributed by atoms with Gasteiger partial charge in [-0.25, -0.2) is 4.39 Å². The summed E-state index contributed by atoms with van der Waals surface area (Å²) in [5.41, 5.74) is 5.99. The summed E-state index contributed by atoms with van der Waals surface area (Å²) in [5, 5.41) is 14.4. The van der Waals surface area contributed by atoms with E-state index in [9.17, 15) is 14.5 Å². The molecule has 1 aromatic carbocycles. The van der Waals surface area contributed by atoms with Gasteiger partial charge in [0, 0.05) is 18.8 Å². The lowest BCUT2D eigenvalue weighted by molar-refractivity contribution is -0.383. The smallest absolute Gasteiger partial charge is 0.353 e. The first-order valence-corrected chi connectivity index (χ1v) is 8.43. The van der Waals surface area contributed by atoms with E-state index in [-0.39, 0.29) is 23.3 Å². The summed E-state index contributed by atoms with van der Waals surface area (Å²) >= 11 is 0. The number of anilines is 4. The summed E-state index contributed by atoms with van der Waals surface area (Å²) in [5.74, 6) is 0.427. The molecule has 1 fully saturated rings. The quantitative estimate of drug-likeness (QED) is 0.635. The Labute approximate surface area is 150 Å². The maximum Gasteiger partial charge on any atom is 0.353 e. The third kappa shape index (κ3) is 3.81. The van der Waals surface area contributed by atoms with Crippen molar-refractivity contribution in [1.29, 1.82) is 0 Å². The van der Waals surface area contributed by atoms with Crippen LogP contribution in [0.2, 0.25) is 0 Å². The maximum absolute atomic E-state index is 13.4. The van der Waals surface area contributed by atoms with Crippen LogP contribution in [0.25, 0.3) is 0 Å². The Balaban J connectivity index is 2.00. The second-order valence-electron chi connectivity index (χ2n) is 6.85. The van der Waals surface area contributed by atoms with Crippen molar-refractivity contribution >= 4 is 29.0 Å². The summed E-state index contributed by atoms with van der Waals surface area (Å²) < 4.78 is 13.4. The number of nitrogens with two attached hydrogens (primary N) is 1. The molecule has 0 amide bonds. The average Bonchev–Trinajstić information content (AvgIpc) is 2.53. The van der Waals surface area contributed by atoms with Gasteiger partial charge < -0.3 is 16.0 Å². The van der Waals surface area contributed by atoms with Crippen LogP contribution in [0, 0.1) is 27.8 Å². The van der Waals surface area contributed by atoms with Gasteiger partial charge in [-0.2, -0.15) is 9.97 Å². The predicted octanol–water partition coefficient (Wildman–Crippen LogP) is 3.33. The lowest BCUT2D eigenvalue weighted by Crippen LogP contribution is -2.39. The molecule has 0 saturated carbocycles. The molecule has 26 heavy (non-hydrogen) atoms. The number of piperidine rings is 1. The fourth-order valence-corrected chi connectivity index (χ4v) is 3.44. The van der Waals surface area contributed by atoms with Crippen LogP contribution in [-0.4, -0.2) is 28.0 Å². The summed E-state index contributed by atoms with van der Waals surface area (Å²) in [4.78, 5) is 21.1. The van der Waals surface area contributed by atoms with E-state index < -0.39 is 10.7 Å². The van der Waals surface area contributed by atoms with E-state index in [1.54, 1.807) is 12.1 Å². The molecule has 1 saturated heterocycles. The van der Waals surface area contributed by atoms with Crippen LogP contribution in [-0.2, 0) is 0 Å².